The number of halogens is 1. The van der Waals surface area contributed by atoms with Gasteiger partial charge < -0.3 is 9.47 Å². The molecule has 1 atom stereocenters. The molecule has 12 heavy (non-hydrogen) atoms. The minimum atomic E-state index is -0.120. The van der Waals surface area contributed by atoms with E-state index in [0.29, 0.717) is 13.2 Å². The molecule has 0 fully saturated rings. The third-order valence-corrected chi connectivity index (χ3v) is 1.78. The maximum absolute atomic E-state index is 5.40. The largest absolute Gasteiger partial charge is 0.352 e. The van der Waals surface area contributed by atoms with Gasteiger partial charge in [-0.2, -0.15) is 0 Å². The number of rotatable bonds is 6. The lowest BCUT2D eigenvalue weighted by Gasteiger charge is -2.13. The van der Waals surface area contributed by atoms with Crippen LogP contribution < -0.4 is 0 Å². The zero-order chi connectivity index (χ0) is 9.40. The van der Waals surface area contributed by atoms with E-state index in [2.05, 4.69) is 15.9 Å². The molecule has 0 N–H and O–H groups in total. The van der Waals surface area contributed by atoms with Gasteiger partial charge in [0.05, 0.1) is 11.9 Å². The smallest absolute Gasteiger partial charge is 0.167 e. The van der Waals surface area contributed by atoms with E-state index in [9.17, 15) is 0 Å². The molecule has 72 valence electrons. The molecule has 0 aliphatic rings. The molecular formula is C9H17BrO2. The van der Waals surface area contributed by atoms with E-state index in [1.54, 1.807) is 0 Å². The third-order valence-electron chi connectivity index (χ3n) is 1.25. The standard InChI is InChI=1S/C9H17BrO2/c1-4-11-9(7-10)12-6-5-8(2)3/h5,9H,4,6-7H2,1-3H3. The third kappa shape index (κ3) is 6.83. The molecule has 0 heterocycles. The van der Waals surface area contributed by atoms with Crippen molar-refractivity contribution in [2.45, 2.75) is 27.1 Å². The summed E-state index contributed by atoms with van der Waals surface area (Å²) in [5.41, 5.74) is 1.26. The monoisotopic (exact) mass is 236 g/mol. The van der Waals surface area contributed by atoms with Crippen molar-refractivity contribution in [3.8, 4) is 0 Å². The van der Waals surface area contributed by atoms with Crippen molar-refractivity contribution in [2.75, 3.05) is 18.5 Å². The SMILES string of the molecule is CCOC(CBr)OCC=C(C)C. The van der Waals surface area contributed by atoms with Gasteiger partial charge in [0.1, 0.15) is 0 Å². The zero-order valence-electron chi connectivity index (χ0n) is 7.97. The molecule has 0 aliphatic heterocycles. The van der Waals surface area contributed by atoms with E-state index in [-0.39, 0.29) is 6.29 Å². The minimum absolute atomic E-state index is 0.120. The van der Waals surface area contributed by atoms with E-state index >= 15 is 0 Å². The molecule has 0 amide bonds. The van der Waals surface area contributed by atoms with Gasteiger partial charge in [0.2, 0.25) is 0 Å². The van der Waals surface area contributed by atoms with Crippen molar-refractivity contribution in [1.82, 2.24) is 0 Å². The Hall–Kier alpha value is 0.140. The molecule has 0 spiro atoms. The predicted molar refractivity (Wildman–Crippen MR) is 54.6 cm³/mol. The molecule has 0 bridgehead atoms. The van der Waals surface area contributed by atoms with Crippen LogP contribution in [0.2, 0.25) is 0 Å². The van der Waals surface area contributed by atoms with E-state index in [1.807, 2.05) is 26.8 Å². The first kappa shape index (κ1) is 12.1. The van der Waals surface area contributed by atoms with E-state index in [4.69, 9.17) is 9.47 Å². The second kappa shape index (κ2) is 7.77. The van der Waals surface area contributed by atoms with Gasteiger partial charge >= 0.3 is 0 Å². The van der Waals surface area contributed by atoms with Crippen LogP contribution in [-0.2, 0) is 9.47 Å². The van der Waals surface area contributed by atoms with Crippen molar-refractivity contribution < 1.29 is 9.47 Å². The average Bonchev–Trinajstić information content (AvgIpc) is 2.02. The molecular weight excluding hydrogens is 220 g/mol. The fourth-order valence-electron chi connectivity index (χ4n) is 0.645. The molecule has 0 radical (unpaired) electrons. The maximum Gasteiger partial charge on any atom is 0.167 e. The maximum atomic E-state index is 5.40. The zero-order valence-corrected chi connectivity index (χ0v) is 9.56. The van der Waals surface area contributed by atoms with Crippen LogP contribution in [0, 0.1) is 0 Å². The van der Waals surface area contributed by atoms with Crippen LogP contribution in [0.5, 0.6) is 0 Å². The van der Waals surface area contributed by atoms with Crippen LogP contribution in [0.1, 0.15) is 20.8 Å². The second-order valence-corrected chi connectivity index (χ2v) is 3.30. The molecule has 2 nitrogen and oxygen atoms in total. The van der Waals surface area contributed by atoms with Gasteiger partial charge in [0.25, 0.3) is 0 Å². The van der Waals surface area contributed by atoms with Crippen molar-refractivity contribution in [3.63, 3.8) is 0 Å². The fourth-order valence-corrected chi connectivity index (χ4v) is 1.02. The fraction of sp³-hybridized carbons (Fsp3) is 0.778. The van der Waals surface area contributed by atoms with Gasteiger partial charge in [-0.15, -0.1) is 0 Å². The van der Waals surface area contributed by atoms with E-state index in [0.717, 1.165) is 5.33 Å². The predicted octanol–water partition coefficient (Wildman–Crippen LogP) is 2.73. The molecule has 0 rings (SSSR count). The first-order chi connectivity index (χ1) is 5.70. The van der Waals surface area contributed by atoms with Crippen LogP contribution in [0.3, 0.4) is 0 Å². The Bertz CT molecular complexity index is 130. The number of hydrogen-bond donors (Lipinski definition) is 0. The Balaban J connectivity index is 3.51. The lowest BCUT2D eigenvalue weighted by Crippen LogP contribution is -2.18. The van der Waals surface area contributed by atoms with Crippen molar-refractivity contribution >= 4 is 15.9 Å². The van der Waals surface area contributed by atoms with Gasteiger partial charge in [-0.3, -0.25) is 0 Å². The van der Waals surface area contributed by atoms with Crippen LogP contribution in [0.25, 0.3) is 0 Å². The Labute approximate surface area is 83.1 Å². The molecule has 0 aliphatic carbocycles. The summed E-state index contributed by atoms with van der Waals surface area (Å²) in [5, 5.41) is 0.720. The Morgan fingerprint density at radius 2 is 2.08 bits per heavy atom. The van der Waals surface area contributed by atoms with Crippen molar-refractivity contribution in [2.24, 2.45) is 0 Å². The summed E-state index contributed by atoms with van der Waals surface area (Å²) in [4.78, 5) is 0. The van der Waals surface area contributed by atoms with E-state index in [1.165, 1.54) is 5.57 Å². The number of ether oxygens (including phenoxy) is 2. The molecule has 3 heteroatoms. The molecule has 0 saturated carbocycles. The second-order valence-electron chi connectivity index (χ2n) is 2.65. The molecule has 0 aromatic rings. The Morgan fingerprint density at radius 3 is 2.50 bits per heavy atom. The first-order valence-electron chi connectivity index (χ1n) is 4.13. The number of allylic oxidation sites excluding steroid dienone is 1. The highest BCUT2D eigenvalue weighted by molar-refractivity contribution is 9.09. The summed E-state index contributed by atoms with van der Waals surface area (Å²) in [6, 6.07) is 0. The summed E-state index contributed by atoms with van der Waals surface area (Å²) in [6.07, 6.45) is 1.92. The lowest BCUT2D eigenvalue weighted by atomic mass is 10.3. The van der Waals surface area contributed by atoms with Crippen LogP contribution in [0.4, 0.5) is 0 Å². The Kier molecular flexibility index (Phi) is 7.86. The highest BCUT2D eigenvalue weighted by atomic mass is 79.9. The summed E-state index contributed by atoms with van der Waals surface area (Å²) in [5.74, 6) is 0. The minimum Gasteiger partial charge on any atom is -0.352 e. The molecule has 1 unspecified atom stereocenters. The van der Waals surface area contributed by atoms with Crippen molar-refractivity contribution in [1.29, 1.82) is 0 Å². The van der Waals surface area contributed by atoms with Crippen LogP contribution >= 0.6 is 15.9 Å². The number of alkyl halides is 1. The summed E-state index contributed by atoms with van der Waals surface area (Å²) < 4.78 is 10.7. The van der Waals surface area contributed by atoms with Gasteiger partial charge in [-0.05, 0) is 20.8 Å². The normalized spacial score (nSPS) is 12.7. The lowest BCUT2D eigenvalue weighted by molar-refractivity contribution is -0.114. The highest BCUT2D eigenvalue weighted by Gasteiger charge is 2.03. The Morgan fingerprint density at radius 1 is 1.42 bits per heavy atom. The highest BCUT2D eigenvalue weighted by Crippen LogP contribution is 2.00. The summed E-state index contributed by atoms with van der Waals surface area (Å²) in [6.45, 7) is 7.37. The van der Waals surface area contributed by atoms with Gasteiger partial charge in [-0.25, -0.2) is 0 Å². The quantitative estimate of drug-likeness (QED) is 0.401. The van der Waals surface area contributed by atoms with E-state index < -0.39 is 0 Å². The molecule has 0 aromatic heterocycles. The van der Waals surface area contributed by atoms with Gasteiger partial charge in [-0.1, -0.05) is 27.6 Å². The molecule has 0 aromatic carbocycles. The summed E-state index contributed by atoms with van der Waals surface area (Å²) >= 11 is 3.31. The van der Waals surface area contributed by atoms with Crippen LogP contribution in [0.15, 0.2) is 11.6 Å². The van der Waals surface area contributed by atoms with Gasteiger partial charge in [0, 0.05) is 6.61 Å². The molecule has 0 saturated heterocycles. The number of hydrogen-bond acceptors (Lipinski definition) is 2. The van der Waals surface area contributed by atoms with Crippen LogP contribution in [-0.4, -0.2) is 24.8 Å². The summed E-state index contributed by atoms with van der Waals surface area (Å²) in [7, 11) is 0. The first-order valence-corrected chi connectivity index (χ1v) is 5.25. The topological polar surface area (TPSA) is 18.5 Å². The average molecular weight is 237 g/mol. The van der Waals surface area contributed by atoms with Gasteiger partial charge in [0.15, 0.2) is 6.29 Å². The van der Waals surface area contributed by atoms with Crippen molar-refractivity contribution in [3.05, 3.63) is 11.6 Å².